The number of anilines is 2. The third-order valence-corrected chi connectivity index (χ3v) is 4.23. The summed E-state index contributed by atoms with van der Waals surface area (Å²) in [5.74, 6) is -1.71. The van der Waals surface area contributed by atoms with Gasteiger partial charge in [-0.15, -0.1) is 10.2 Å². The number of rotatable bonds is 9. The van der Waals surface area contributed by atoms with Gasteiger partial charge in [0.25, 0.3) is 0 Å². The summed E-state index contributed by atoms with van der Waals surface area (Å²) in [5, 5.41) is 41.0. The fourth-order valence-corrected chi connectivity index (χ4v) is 2.77. The summed E-state index contributed by atoms with van der Waals surface area (Å²) in [4.78, 5) is 33.6. The number of azo groups is 1. The van der Waals surface area contributed by atoms with Crippen molar-refractivity contribution in [2.45, 2.75) is 20.3 Å². The van der Waals surface area contributed by atoms with E-state index in [1.807, 2.05) is 11.8 Å². The van der Waals surface area contributed by atoms with Crippen LogP contribution in [0.25, 0.3) is 0 Å². The Morgan fingerprint density at radius 2 is 1.81 bits per heavy atom. The maximum Gasteiger partial charge on any atom is 0.311 e. The molecule has 0 spiro atoms. The van der Waals surface area contributed by atoms with Crippen molar-refractivity contribution in [2.75, 3.05) is 23.3 Å². The van der Waals surface area contributed by atoms with Gasteiger partial charge in [-0.05, 0) is 25.1 Å². The van der Waals surface area contributed by atoms with Gasteiger partial charge in [-0.3, -0.25) is 25.0 Å². The molecule has 0 fully saturated rings. The first kappa shape index (κ1) is 23.8. The van der Waals surface area contributed by atoms with E-state index in [4.69, 9.17) is 5.26 Å². The first-order valence-electron chi connectivity index (χ1n) is 9.25. The van der Waals surface area contributed by atoms with Crippen LogP contribution in [-0.4, -0.2) is 28.8 Å². The van der Waals surface area contributed by atoms with E-state index in [1.54, 1.807) is 12.1 Å². The molecule has 32 heavy (non-hydrogen) atoms. The number of nitrogens with one attached hydrogen (secondary N) is 1. The number of benzene rings is 2. The number of hydrogen-bond donors (Lipinski definition) is 1. The van der Waals surface area contributed by atoms with E-state index in [1.165, 1.54) is 13.0 Å². The fraction of sp³-hybridized carbons (Fsp3) is 0.263. The molecule has 0 radical (unpaired) electrons. The van der Waals surface area contributed by atoms with E-state index in [0.29, 0.717) is 37.3 Å². The molecule has 13 heteroatoms. The van der Waals surface area contributed by atoms with E-state index >= 15 is 0 Å². The molecule has 0 bridgehead atoms. The van der Waals surface area contributed by atoms with Crippen molar-refractivity contribution in [2.24, 2.45) is 10.2 Å². The van der Waals surface area contributed by atoms with Crippen molar-refractivity contribution in [3.05, 3.63) is 56.4 Å². The van der Waals surface area contributed by atoms with Crippen LogP contribution >= 0.6 is 0 Å². The summed E-state index contributed by atoms with van der Waals surface area (Å²) in [7, 11) is 0. The second kappa shape index (κ2) is 10.5. The van der Waals surface area contributed by atoms with Crippen molar-refractivity contribution in [3.8, 4) is 6.07 Å². The molecule has 2 aromatic rings. The van der Waals surface area contributed by atoms with Crippen LogP contribution < -0.4 is 10.2 Å². The van der Waals surface area contributed by atoms with E-state index in [0.717, 1.165) is 0 Å². The summed E-state index contributed by atoms with van der Waals surface area (Å²) in [6.45, 7) is 4.22. The molecule has 0 atom stereocenters. The van der Waals surface area contributed by atoms with Crippen molar-refractivity contribution < 1.29 is 19.0 Å². The van der Waals surface area contributed by atoms with Crippen LogP contribution in [0.4, 0.5) is 38.5 Å². The lowest BCUT2D eigenvalue weighted by Crippen LogP contribution is -2.23. The number of carbonyl (C=O) groups excluding carboxylic acids is 1. The van der Waals surface area contributed by atoms with Crippen LogP contribution in [0.15, 0.2) is 40.6 Å². The van der Waals surface area contributed by atoms with Crippen molar-refractivity contribution in [3.63, 3.8) is 0 Å². The van der Waals surface area contributed by atoms with Crippen LogP contribution in [0.5, 0.6) is 0 Å². The van der Waals surface area contributed by atoms with Gasteiger partial charge in [0.05, 0.1) is 34.1 Å². The quantitative estimate of drug-likeness (QED) is 0.331. The molecule has 166 valence electrons. The fourth-order valence-electron chi connectivity index (χ4n) is 2.77. The summed E-state index contributed by atoms with van der Waals surface area (Å²) in [6.07, 6.45) is 0.292. The first-order valence-corrected chi connectivity index (χ1v) is 9.25. The Kier molecular flexibility index (Phi) is 7.83. The van der Waals surface area contributed by atoms with Gasteiger partial charge in [-0.1, -0.05) is 0 Å². The molecule has 0 heterocycles. The predicted octanol–water partition coefficient (Wildman–Crippen LogP) is 4.76. The van der Waals surface area contributed by atoms with Gasteiger partial charge in [0, 0.05) is 31.8 Å². The maximum absolute atomic E-state index is 14.0. The lowest BCUT2D eigenvalue weighted by molar-refractivity contribution is -0.395. The highest BCUT2D eigenvalue weighted by molar-refractivity contribution is 5.93. The van der Waals surface area contributed by atoms with E-state index < -0.39 is 38.6 Å². The Labute approximate surface area is 181 Å². The molecule has 0 aliphatic rings. The molecule has 12 nitrogen and oxygen atoms in total. The number of hydrogen-bond acceptors (Lipinski definition) is 9. The van der Waals surface area contributed by atoms with Gasteiger partial charge in [-0.2, -0.15) is 9.65 Å². The van der Waals surface area contributed by atoms with Crippen molar-refractivity contribution >= 4 is 40.0 Å². The molecule has 2 rings (SSSR count). The van der Waals surface area contributed by atoms with Crippen molar-refractivity contribution in [1.29, 1.82) is 5.26 Å². The standard InChI is InChI=1S/C19H18FN7O5/c1-3-25(8-4-7-21)13-5-6-15(16(9-13)22-12(2)28)23-24-17-10-14(20)18(26(29)30)11-19(17)27(31)32/h5-6,9-11H,3-4,8H2,1-2H3,(H,22,28)/b24-23+. The smallest absolute Gasteiger partial charge is 0.311 e. The Morgan fingerprint density at radius 3 is 2.38 bits per heavy atom. The third-order valence-electron chi connectivity index (χ3n) is 4.23. The highest BCUT2D eigenvalue weighted by atomic mass is 19.1. The van der Waals surface area contributed by atoms with Gasteiger partial charge in [-0.25, -0.2) is 0 Å². The Hall–Kier alpha value is -4.47. The summed E-state index contributed by atoms with van der Waals surface area (Å²) in [5.41, 5.74) is -1.34. The number of nitro benzene ring substituents is 2. The van der Waals surface area contributed by atoms with Crippen molar-refractivity contribution in [1.82, 2.24) is 0 Å². The van der Waals surface area contributed by atoms with Crippen LogP contribution in [0, 0.1) is 37.4 Å². The van der Waals surface area contributed by atoms with E-state index in [-0.39, 0.29) is 11.4 Å². The zero-order valence-corrected chi connectivity index (χ0v) is 17.1. The Bertz CT molecular complexity index is 1130. The minimum atomic E-state index is -1.30. The van der Waals surface area contributed by atoms with Crippen LogP contribution in [-0.2, 0) is 4.79 Å². The monoisotopic (exact) mass is 443 g/mol. The van der Waals surface area contributed by atoms with Crippen LogP contribution in [0.2, 0.25) is 0 Å². The van der Waals surface area contributed by atoms with E-state index in [9.17, 15) is 29.4 Å². The van der Waals surface area contributed by atoms with Gasteiger partial charge in [0.1, 0.15) is 5.69 Å². The highest BCUT2D eigenvalue weighted by Crippen LogP contribution is 2.36. The zero-order valence-electron chi connectivity index (χ0n) is 17.1. The Balaban J connectivity index is 2.50. The molecule has 1 amide bonds. The molecule has 1 N–H and O–H groups in total. The summed E-state index contributed by atoms with van der Waals surface area (Å²) >= 11 is 0. The van der Waals surface area contributed by atoms with Crippen LogP contribution in [0.1, 0.15) is 20.3 Å². The normalized spacial score (nSPS) is 10.6. The molecular formula is C19H18FN7O5. The lowest BCUT2D eigenvalue weighted by atomic mass is 10.2. The molecule has 0 aromatic heterocycles. The minimum Gasteiger partial charge on any atom is -0.371 e. The molecule has 0 aliphatic carbocycles. The minimum absolute atomic E-state index is 0.119. The molecule has 0 unspecified atom stereocenters. The maximum atomic E-state index is 14.0. The Morgan fingerprint density at radius 1 is 1.16 bits per heavy atom. The molecule has 2 aromatic carbocycles. The zero-order chi connectivity index (χ0) is 23.8. The largest absolute Gasteiger partial charge is 0.371 e. The number of amides is 1. The SMILES string of the molecule is CCN(CCC#N)c1ccc(/N=N/c2cc(F)c([N+](=O)[O-])cc2[N+](=O)[O-])c(NC(C)=O)c1. The number of nitriles is 1. The molecular weight excluding hydrogens is 425 g/mol. The highest BCUT2D eigenvalue weighted by Gasteiger charge is 2.25. The molecule has 0 saturated heterocycles. The number of halogens is 1. The lowest BCUT2D eigenvalue weighted by Gasteiger charge is -2.23. The van der Waals surface area contributed by atoms with E-state index in [2.05, 4.69) is 21.6 Å². The average molecular weight is 443 g/mol. The summed E-state index contributed by atoms with van der Waals surface area (Å²) < 4.78 is 14.0. The summed E-state index contributed by atoms with van der Waals surface area (Å²) in [6, 6.07) is 7.82. The number of nitro groups is 2. The molecule has 0 aliphatic heterocycles. The second-order valence-electron chi connectivity index (χ2n) is 6.38. The third kappa shape index (κ3) is 5.79. The average Bonchev–Trinajstić information content (AvgIpc) is 2.72. The van der Waals surface area contributed by atoms with Gasteiger partial charge < -0.3 is 10.2 Å². The number of nitrogens with zero attached hydrogens (tertiary/aromatic N) is 6. The second-order valence-corrected chi connectivity index (χ2v) is 6.38. The molecule has 0 saturated carbocycles. The van der Waals surface area contributed by atoms with Gasteiger partial charge in [0.2, 0.25) is 11.7 Å². The predicted molar refractivity (Wildman–Crippen MR) is 113 cm³/mol. The first-order chi connectivity index (χ1) is 15.2. The van der Waals surface area contributed by atoms with Crippen LogP contribution in [0.3, 0.4) is 0 Å². The van der Waals surface area contributed by atoms with Gasteiger partial charge >= 0.3 is 11.4 Å². The number of carbonyl (C=O) groups is 1. The van der Waals surface area contributed by atoms with Gasteiger partial charge in [0.15, 0.2) is 5.69 Å². The topological polar surface area (TPSA) is 167 Å².